The molecule has 0 bridgehead atoms. The molecule has 0 amide bonds. The molecule has 90 valence electrons. The summed E-state index contributed by atoms with van der Waals surface area (Å²) < 4.78 is 5.29. The third kappa shape index (κ3) is 3.27. The van der Waals surface area contributed by atoms with Crippen LogP contribution in [0, 0.1) is 0 Å². The summed E-state index contributed by atoms with van der Waals surface area (Å²) in [5.74, 6) is 0. The van der Waals surface area contributed by atoms with E-state index in [1.165, 1.54) is 0 Å². The van der Waals surface area contributed by atoms with Gasteiger partial charge in [0, 0.05) is 31.0 Å². The molecule has 0 radical (unpaired) electrons. The number of hydrogen-bond acceptors (Lipinski definition) is 4. The smallest absolute Gasteiger partial charge is 0.0594 e. The Labute approximate surface area is 102 Å². The van der Waals surface area contributed by atoms with Crippen LogP contribution in [0.5, 0.6) is 0 Å². The first-order valence-corrected chi connectivity index (χ1v) is 5.19. The van der Waals surface area contributed by atoms with Gasteiger partial charge < -0.3 is 16.2 Å². The summed E-state index contributed by atoms with van der Waals surface area (Å²) in [6.45, 7) is 4.47. The van der Waals surface area contributed by atoms with Crippen LogP contribution in [0.15, 0.2) is 18.2 Å². The summed E-state index contributed by atoms with van der Waals surface area (Å²) in [4.78, 5) is 2.34. The monoisotopic (exact) mass is 243 g/mol. The van der Waals surface area contributed by atoms with Gasteiger partial charge in [-0.15, -0.1) is 12.4 Å². The van der Waals surface area contributed by atoms with Gasteiger partial charge in [-0.2, -0.15) is 0 Å². The number of anilines is 2. The van der Waals surface area contributed by atoms with Crippen molar-refractivity contribution < 1.29 is 4.74 Å². The Hall–Kier alpha value is -0.970. The number of nitrogen functional groups attached to an aromatic ring is 2. The lowest BCUT2D eigenvalue weighted by atomic mass is 10.1. The van der Waals surface area contributed by atoms with Crippen molar-refractivity contribution in [3.05, 3.63) is 23.8 Å². The van der Waals surface area contributed by atoms with E-state index in [0.29, 0.717) is 0 Å². The van der Waals surface area contributed by atoms with Gasteiger partial charge in [-0.3, -0.25) is 4.90 Å². The molecule has 0 unspecified atom stereocenters. The molecule has 1 aromatic rings. The van der Waals surface area contributed by atoms with Gasteiger partial charge >= 0.3 is 0 Å². The molecular formula is C11H18ClN3O. The number of ether oxygens (including phenoxy) is 1. The standard InChI is InChI=1S/C11H17N3O.ClH/c12-10-2-1-9(11(13)7-10)8-14-3-5-15-6-4-14;/h1-2,7H,3-6,8,12-13H2;1H. The summed E-state index contributed by atoms with van der Waals surface area (Å²) in [6, 6.07) is 5.71. The normalized spacial score (nSPS) is 16.8. The van der Waals surface area contributed by atoms with Gasteiger partial charge in [-0.1, -0.05) is 6.07 Å². The van der Waals surface area contributed by atoms with Gasteiger partial charge in [0.05, 0.1) is 13.2 Å². The van der Waals surface area contributed by atoms with Gasteiger partial charge in [0.15, 0.2) is 0 Å². The third-order valence-electron chi connectivity index (χ3n) is 2.67. The molecular weight excluding hydrogens is 226 g/mol. The summed E-state index contributed by atoms with van der Waals surface area (Å²) in [5, 5.41) is 0. The van der Waals surface area contributed by atoms with Crippen LogP contribution in [0.25, 0.3) is 0 Å². The van der Waals surface area contributed by atoms with E-state index in [4.69, 9.17) is 16.2 Å². The zero-order valence-corrected chi connectivity index (χ0v) is 10.0. The highest BCUT2D eigenvalue weighted by Gasteiger charge is 2.11. The third-order valence-corrected chi connectivity index (χ3v) is 2.67. The Kier molecular flexibility index (Phi) is 4.86. The Morgan fingerprint density at radius 2 is 1.88 bits per heavy atom. The van der Waals surface area contributed by atoms with E-state index in [9.17, 15) is 0 Å². The zero-order chi connectivity index (χ0) is 10.7. The molecule has 1 heterocycles. The molecule has 1 fully saturated rings. The van der Waals surface area contributed by atoms with Crippen LogP contribution in [0.2, 0.25) is 0 Å². The van der Waals surface area contributed by atoms with Crippen molar-refractivity contribution in [1.29, 1.82) is 0 Å². The Morgan fingerprint density at radius 3 is 2.50 bits per heavy atom. The number of nitrogens with zero attached hydrogens (tertiary/aromatic N) is 1. The minimum absolute atomic E-state index is 0. The van der Waals surface area contributed by atoms with E-state index in [0.717, 1.165) is 49.8 Å². The molecule has 1 aliphatic rings. The highest BCUT2D eigenvalue weighted by Crippen LogP contribution is 2.17. The number of morpholine rings is 1. The second kappa shape index (κ2) is 5.94. The minimum atomic E-state index is 0. The van der Waals surface area contributed by atoms with Crippen molar-refractivity contribution in [3.8, 4) is 0 Å². The fourth-order valence-electron chi connectivity index (χ4n) is 1.76. The lowest BCUT2D eigenvalue weighted by Crippen LogP contribution is -2.35. The van der Waals surface area contributed by atoms with Crippen LogP contribution in [0.3, 0.4) is 0 Å². The van der Waals surface area contributed by atoms with Crippen LogP contribution in [-0.4, -0.2) is 31.2 Å². The summed E-state index contributed by atoms with van der Waals surface area (Å²) in [5.41, 5.74) is 14.2. The quantitative estimate of drug-likeness (QED) is 0.764. The Morgan fingerprint density at radius 1 is 1.19 bits per heavy atom. The summed E-state index contributed by atoms with van der Waals surface area (Å²) in [6.07, 6.45) is 0. The zero-order valence-electron chi connectivity index (χ0n) is 9.19. The number of hydrogen-bond donors (Lipinski definition) is 2. The second-order valence-electron chi connectivity index (χ2n) is 3.85. The SMILES string of the molecule is Cl.Nc1ccc(CN2CCOCC2)c(N)c1. The van der Waals surface area contributed by atoms with Gasteiger partial charge in [-0.05, 0) is 17.7 Å². The topological polar surface area (TPSA) is 64.5 Å². The lowest BCUT2D eigenvalue weighted by molar-refractivity contribution is 0.0343. The molecule has 1 aliphatic heterocycles. The molecule has 16 heavy (non-hydrogen) atoms. The first kappa shape index (κ1) is 13.1. The van der Waals surface area contributed by atoms with Crippen LogP contribution in [-0.2, 0) is 11.3 Å². The predicted molar refractivity (Wildman–Crippen MR) is 68.6 cm³/mol. The van der Waals surface area contributed by atoms with Crippen LogP contribution in [0.4, 0.5) is 11.4 Å². The summed E-state index contributed by atoms with van der Waals surface area (Å²) >= 11 is 0. The van der Waals surface area contributed by atoms with E-state index >= 15 is 0 Å². The van der Waals surface area contributed by atoms with Crippen molar-refractivity contribution in [2.24, 2.45) is 0 Å². The highest BCUT2D eigenvalue weighted by molar-refractivity contribution is 5.85. The molecule has 0 saturated carbocycles. The van der Waals surface area contributed by atoms with E-state index in [-0.39, 0.29) is 12.4 Å². The van der Waals surface area contributed by atoms with Crippen molar-refractivity contribution in [1.82, 2.24) is 4.90 Å². The molecule has 0 atom stereocenters. The van der Waals surface area contributed by atoms with Gasteiger partial charge in [0.25, 0.3) is 0 Å². The molecule has 5 heteroatoms. The fraction of sp³-hybridized carbons (Fsp3) is 0.455. The molecule has 0 spiro atoms. The molecule has 1 aromatic carbocycles. The molecule has 1 saturated heterocycles. The second-order valence-corrected chi connectivity index (χ2v) is 3.85. The van der Waals surface area contributed by atoms with Crippen molar-refractivity contribution in [2.45, 2.75) is 6.54 Å². The van der Waals surface area contributed by atoms with E-state index in [1.54, 1.807) is 0 Å². The maximum atomic E-state index is 5.90. The van der Waals surface area contributed by atoms with Crippen LogP contribution < -0.4 is 11.5 Å². The number of halogens is 1. The lowest BCUT2D eigenvalue weighted by Gasteiger charge is -2.27. The molecule has 0 aromatic heterocycles. The van der Waals surface area contributed by atoms with Crippen molar-refractivity contribution >= 4 is 23.8 Å². The Balaban J connectivity index is 0.00000128. The van der Waals surface area contributed by atoms with E-state index in [2.05, 4.69) is 4.90 Å². The van der Waals surface area contributed by atoms with Crippen LogP contribution >= 0.6 is 12.4 Å². The molecule has 0 aliphatic carbocycles. The first-order valence-electron chi connectivity index (χ1n) is 5.19. The van der Waals surface area contributed by atoms with E-state index < -0.39 is 0 Å². The maximum absolute atomic E-state index is 5.90. The number of nitrogens with two attached hydrogens (primary N) is 2. The molecule has 4 N–H and O–H groups in total. The first-order chi connectivity index (χ1) is 7.25. The maximum Gasteiger partial charge on any atom is 0.0594 e. The van der Waals surface area contributed by atoms with E-state index in [1.807, 2.05) is 18.2 Å². The molecule has 4 nitrogen and oxygen atoms in total. The number of benzene rings is 1. The highest BCUT2D eigenvalue weighted by atomic mass is 35.5. The van der Waals surface area contributed by atoms with Gasteiger partial charge in [-0.25, -0.2) is 0 Å². The average Bonchev–Trinajstić information content (AvgIpc) is 2.24. The summed E-state index contributed by atoms with van der Waals surface area (Å²) in [7, 11) is 0. The van der Waals surface area contributed by atoms with Gasteiger partial charge in [0.1, 0.15) is 0 Å². The predicted octanol–water partition coefficient (Wildman–Crippen LogP) is 1.10. The van der Waals surface area contributed by atoms with Gasteiger partial charge in [0.2, 0.25) is 0 Å². The van der Waals surface area contributed by atoms with Crippen LogP contribution in [0.1, 0.15) is 5.56 Å². The fourth-order valence-corrected chi connectivity index (χ4v) is 1.76. The van der Waals surface area contributed by atoms with Crippen molar-refractivity contribution in [3.63, 3.8) is 0 Å². The minimum Gasteiger partial charge on any atom is -0.399 e. The number of rotatable bonds is 2. The Bertz CT molecular complexity index is 340. The molecule has 2 rings (SSSR count). The van der Waals surface area contributed by atoms with Crippen molar-refractivity contribution in [2.75, 3.05) is 37.8 Å². The average molecular weight is 244 g/mol. The largest absolute Gasteiger partial charge is 0.399 e.